The summed E-state index contributed by atoms with van der Waals surface area (Å²) in [6.45, 7) is -0.452. The zero-order chi connectivity index (χ0) is 13.0. The number of oxazole rings is 1. The lowest BCUT2D eigenvalue weighted by Crippen LogP contribution is -2.29. The fourth-order valence-corrected chi connectivity index (χ4v) is 1.34. The lowest BCUT2D eigenvalue weighted by molar-refractivity contribution is -0.135. The van der Waals surface area contributed by atoms with Crippen molar-refractivity contribution < 1.29 is 19.1 Å². The van der Waals surface area contributed by atoms with Gasteiger partial charge in [-0.05, 0) is 12.1 Å². The highest BCUT2D eigenvalue weighted by molar-refractivity contribution is 5.94. The van der Waals surface area contributed by atoms with Gasteiger partial charge in [0.15, 0.2) is 5.69 Å². The predicted octanol–water partition coefficient (Wildman–Crippen LogP) is 1.16. The molecule has 2 aromatic rings. The Kier molecular flexibility index (Phi) is 3.38. The summed E-state index contributed by atoms with van der Waals surface area (Å²) in [6.07, 6.45) is 1.19. The topological polar surface area (TPSA) is 92.4 Å². The van der Waals surface area contributed by atoms with Gasteiger partial charge in [0.1, 0.15) is 12.8 Å². The molecule has 1 heterocycles. The summed E-state index contributed by atoms with van der Waals surface area (Å²) in [5, 5.41) is 10.6. The molecule has 92 valence electrons. The molecule has 2 rings (SSSR count). The van der Waals surface area contributed by atoms with Gasteiger partial charge in [-0.1, -0.05) is 18.2 Å². The van der Waals surface area contributed by atoms with Crippen LogP contribution in [0.15, 0.2) is 41.0 Å². The molecule has 18 heavy (non-hydrogen) atoms. The molecular formula is C12H10N2O4. The monoisotopic (exact) mass is 246 g/mol. The SMILES string of the molecule is O=C(O)CNC(=O)c1coc(-c2ccccc2)n1. The van der Waals surface area contributed by atoms with Gasteiger partial charge in [-0.3, -0.25) is 9.59 Å². The number of hydrogen-bond donors (Lipinski definition) is 2. The van der Waals surface area contributed by atoms with E-state index in [1.165, 1.54) is 6.26 Å². The lowest BCUT2D eigenvalue weighted by atomic mass is 10.2. The summed E-state index contributed by atoms with van der Waals surface area (Å²) < 4.78 is 5.16. The fourth-order valence-electron chi connectivity index (χ4n) is 1.34. The second kappa shape index (κ2) is 5.13. The first-order chi connectivity index (χ1) is 8.66. The highest BCUT2D eigenvalue weighted by Crippen LogP contribution is 2.17. The van der Waals surface area contributed by atoms with Crippen molar-refractivity contribution >= 4 is 11.9 Å². The number of rotatable bonds is 4. The van der Waals surface area contributed by atoms with Gasteiger partial charge in [-0.25, -0.2) is 4.98 Å². The zero-order valence-electron chi connectivity index (χ0n) is 9.29. The van der Waals surface area contributed by atoms with Crippen LogP contribution in [0, 0.1) is 0 Å². The maximum Gasteiger partial charge on any atom is 0.322 e. The summed E-state index contributed by atoms with van der Waals surface area (Å²) in [6, 6.07) is 9.09. The minimum atomic E-state index is -1.12. The lowest BCUT2D eigenvalue weighted by Gasteiger charge is -1.96. The molecule has 2 N–H and O–H groups in total. The molecule has 6 heteroatoms. The first-order valence-electron chi connectivity index (χ1n) is 5.18. The molecule has 6 nitrogen and oxygen atoms in total. The van der Waals surface area contributed by atoms with Crippen molar-refractivity contribution in [3.8, 4) is 11.5 Å². The molecule has 1 aromatic carbocycles. The van der Waals surface area contributed by atoms with Gasteiger partial charge >= 0.3 is 5.97 Å². The van der Waals surface area contributed by atoms with Crippen LogP contribution in [0.5, 0.6) is 0 Å². The fraction of sp³-hybridized carbons (Fsp3) is 0.0833. The summed E-state index contributed by atoms with van der Waals surface area (Å²) in [7, 11) is 0. The van der Waals surface area contributed by atoms with E-state index in [0.717, 1.165) is 5.56 Å². The van der Waals surface area contributed by atoms with Crippen molar-refractivity contribution in [2.24, 2.45) is 0 Å². The third kappa shape index (κ3) is 2.73. The molecule has 1 amide bonds. The Morgan fingerprint density at radius 3 is 2.67 bits per heavy atom. The zero-order valence-corrected chi connectivity index (χ0v) is 9.29. The number of aromatic nitrogens is 1. The molecule has 0 bridgehead atoms. The van der Waals surface area contributed by atoms with Crippen molar-refractivity contribution in [2.45, 2.75) is 0 Å². The van der Waals surface area contributed by atoms with Gasteiger partial charge in [-0.15, -0.1) is 0 Å². The van der Waals surface area contributed by atoms with Crippen LogP contribution in [-0.2, 0) is 4.79 Å². The third-order valence-electron chi connectivity index (χ3n) is 2.16. The maximum atomic E-state index is 11.5. The Balaban J connectivity index is 2.11. The van der Waals surface area contributed by atoms with Gasteiger partial charge in [0, 0.05) is 5.56 Å². The first-order valence-corrected chi connectivity index (χ1v) is 5.18. The second-order valence-electron chi connectivity index (χ2n) is 3.48. The van der Waals surface area contributed by atoms with Crippen LogP contribution in [0.2, 0.25) is 0 Å². The summed E-state index contributed by atoms with van der Waals surface area (Å²) in [5.41, 5.74) is 0.796. The molecule has 0 unspecified atom stereocenters. The summed E-state index contributed by atoms with van der Waals surface area (Å²) in [5.74, 6) is -1.38. The largest absolute Gasteiger partial charge is 0.480 e. The van der Waals surface area contributed by atoms with Crippen LogP contribution in [0.1, 0.15) is 10.5 Å². The molecule has 0 fully saturated rings. The van der Waals surface area contributed by atoms with Gasteiger partial charge in [0.05, 0.1) is 0 Å². The van der Waals surface area contributed by atoms with Gasteiger partial charge < -0.3 is 14.8 Å². The molecule has 0 saturated carbocycles. The van der Waals surface area contributed by atoms with E-state index >= 15 is 0 Å². The second-order valence-corrected chi connectivity index (χ2v) is 3.48. The smallest absolute Gasteiger partial charge is 0.322 e. The highest BCUT2D eigenvalue weighted by atomic mass is 16.4. The number of carbonyl (C=O) groups excluding carboxylic acids is 1. The Bertz CT molecular complexity index is 562. The van der Waals surface area contributed by atoms with E-state index in [2.05, 4.69) is 10.3 Å². The van der Waals surface area contributed by atoms with Crippen molar-refractivity contribution in [3.63, 3.8) is 0 Å². The van der Waals surface area contributed by atoms with Crippen molar-refractivity contribution in [2.75, 3.05) is 6.54 Å². The minimum absolute atomic E-state index is 0.0510. The van der Waals surface area contributed by atoms with Crippen LogP contribution in [0.4, 0.5) is 0 Å². The third-order valence-corrected chi connectivity index (χ3v) is 2.16. The van der Waals surface area contributed by atoms with Gasteiger partial charge in [0.25, 0.3) is 5.91 Å². The average Bonchev–Trinajstić information content (AvgIpc) is 2.86. The molecule has 0 atom stereocenters. The Hall–Kier alpha value is -2.63. The number of benzene rings is 1. The van der Waals surface area contributed by atoms with Crippen LogP contribution < -0.4 is 5.32 Å². The number of carboxylic acid groups (broad SMARTS) is 1. The van der Waals surface area contributed by atoms with E-state index in [1.54, 1.807) is 12.1 Å². The molecule has 0 saturated heterocycles. The van der Waals surface area contributed by atoms with Crippen LogP contribution in [-0.4, -0.2) is 28.5 Å². The Morgan fingerprint density at radius 2 is 2.00 bits per heavy atom. The van der Waals surface area contributed by atoms with E-state index in [4.69, 9.17) is 9.52 Å². The Morgan fingerprint density at radius 1 is 1.28 bits per heavy atom. The van der Waals surface area contributed by atoms with Gasteiger partial charge in [-0.2, -0.15) is 0 Å². The molecule has 0 aliphatic heterocycles. The number of carboxylic acids is 1. The standard InChI is InChI=1S/C12H10N2O4/c15-10(16)6-13-11(17)9-7-18-12(14-9)8-4-2-1-3-5-8/h1-5,7H,6H2,(H,13,17)(H,15,16). The van der Waals surface area contributed by atoms with Gasteiger partial charge in [0.2, 0.25) is 5.89 Å². The molecule has 0 aliphatic rings. The van der Waals surface area contributed by atoms with Crippen molar-refractivity contribution in [3.05, 3.63) is 42.3 Å². The highest BCUT2D eigenvalue weighted by Gasteiger charge is 2.13. The van der Waals surface area contributed by atoms with Crippen molar-refractivity contribution in [1.82, 2.24) is 10.3 Å². The number of hydrogen-bond acceptors (Lipinski definition) is 4. The minimum Gasteiger partial charge on any atom is -0.480 e. The summed E-state index contributed by atoms with van der Waals surface area (Å²) >= 11 is 0. The number of nitrogens with zero attached hydrogens (tertiary/aromatic N) is 1. The van der Waals surface area contributed by atoms with Crippen molar-refractivity contribution in [1.29, 1.82) is 0 Å². The van der Waals surface area contributed by atoms with Crippen LogP contribution in [0.3, 0.4) is 0 Å². The molecule has 1 aromatic heterocycles. The quantitative estimate of drug-likeness (QED) is 0.844. The van der Waals surface area contributed by atoms with E-state index < -0.39 is 18.4 Å². The molecule has 0 spiro atoms. The van der Waals surface area contributed by atoms with E-state index in [1.807, 2.05) is 18.2 Å². The van der Waals surface area contributed by atoms with Crippen LogP contribution in [0.25, 0.3) is 11.5 Å². The Labute approximate surface area is 102 Å². The molecule has 0 aliphatic carbocycles. The van der Waals surface area contributed by atoms with E-state index in [9.17, 15) is 9.59 Å². The molecule has 0 radical (unpaired) electrons. The number of nitrogens with one attached hydrogen (secondary N) is 1. The predicted molar refractivity (Wildman–Crippen MR) is 61.9 cm³/mol. The average molecular weight is 246 g/mol. The normalized spacial score (nSPS) is 10.0. The van der Waals surface area contributed by atoms with E-state index in [-0.39, 0.29) is 5.69 Å². The first kappa shape index (κ1) is 11.8. The number of carbonyl (C=O) groups is 2. The summed E-state index contributed by atoms with van der Waals surface area (Å²) in [4.78, 5) is 25.8. The maximum absolute atomic E-state index is 11.5. The number of amides is 1. The number of aliphatic carboxylic acids is 1. The van der Waals surface area contributed by atoms with E-state index in [0.29, 0.717) is 5.89 Å². The molecular weight excluding hydrogens is 236 g/mol. The van der Waals surface area contributed by atoms with Crippen LogP contribution >= 0.6 is 0 Å².